The van der Waals surface area contributed by atoms with Gasteiger partial charge in [0.05, 0.1) is 5.56 Å². The normalized spacial score (nSPS) is 14.8. The molecule has 1 aliphatic rings. The molecule has 1 aliphatic carbocycles. The lowest BCUT2D eigenvalue weighted by atomic mass is 10.2. The third-order valence-electron chi connectivity index (χ3n) is 3.56. The molecule has 4 nitrogen and oxygen atoms in total. The van der Waals surface area contributed by atoms with Crippen molar-refractivity contribution in [2.24, 2.45) is 0 Å². The molecule has 0 unspecified atom stereocenters. The van der Waals surface area contributed by atoms with Gasteiger partial charge in [-0.3, -0.25) is 0 Å². The lowest BCUT2D eigenvalue weighted by Gasteiger charge is -2.08. The maximum atomic E-state index is 10.1. The van der Waals surface area contributed by atoms with Crippen LogP contribution in [0.4, 0.5) is 0 Å². The lowest BCUT2D eigenvalue weighted by Crippen LogP contribution is -1.98. The summed E-state index contributed by atoms with van der Waals surface area (Å²) < 4.78 is 2.12. The van der Waals surface area contributed by atoms with Crippen LogP contribution in [-0.4, -0.2) is 19.6 Å². The highest BCUT2D eigenvalue weighted by molar-refractivity contribution is 6.30. The third kappa shape index (κ3) is 1.76. The Morgan fingerprint density at radius 1 is 1.25 bits per heavy atom. The first-order chi connectivity index (χ1) is 9.74. The molecule has 0 amide bonds. The topological polar surface area (TPSA) is 50.9 Å². The Balaban J connectivity index is 2.01. The summed E-state index contributed by atoms with van der Waals surface area (Å²) in [7, 11) is 0. The molecule has 0 atom stereocenters. The zero-order chi connectivity index (χ0) is 13.7. The molecule has 0 radical (unpaired) electrons. The van der Waals surface area contributed by atoms with Crippen LogP contribution in [0, 0.1) is 0 Å². The SMILES string of the molecule is Oc1cc(Cl)ccc1-c1nc2cccnc2n1C1CC1. The molecule has 0 saturated heterocycles. The molecule has 1 N–H and O–H groups in total. The minimum atomic E-state index is 0.148. The second-order valence-electron chi connectivity index (χ2n) is 5.04. The van der Waals surface area contributed by atoms with Crippen molar-refractivity contribution in [3.63, 3.8) is 0 Å². The predicted octanol–water partition coefficient (Wildman–Crippen LogP) is 3.79. The van der Waals surface area contributed by atoms with E-state index in [2.05, 4.69) is 14.5 Å². The lowest BCUT2D eigenvalue weighted by molar-refractivity contribution is 0.476. The maximum absolute atomic E-state index is 10.1. The standard InChI is InChI=1S/C15H12ClN3O/c16-9-3-6-11(13(20)8-9)14-18-12-2-1-7-17-15(12)19(14)10-4-5-10/h1-3,6-8,10,20H,4-5H2. The van der Waals surface area contributed by atoms with E-state index in [9.17, 15) is 5.11 Å². The Bertz CT molecular complexity index is 808. The van der Waals surface area contributed by atoms with Crippen LogP contribution in [0.3, 0.4) is 0 Å². The van der Waals surface area contributed by atoms with Crippen molar-refractivity contribution < 1.29 is 5.11 Å². The molecule has 1 fully saturated rings. The number of hydrogen-bond donors (Lipinski definition) is 1. The molecule has 2 aromatic heterocycles. The first-order valence-electron chi connectivity index (χ1n) is 6.56. The van der Waals surface area contributed by atoms with Gasteiger partial charge in [0.25, 0.3) is 0 Å². The molecule has 2 heterocycles. The number of phenolic OH excluding ortho intramolecular Hbond substituents is 1. The number of pyridine rings is 1. The Labute approximate surface area is 120 Å². The molecule has 4 rings (SSSR count). The van der Waals surface area contributed by atoms with Crippen LogP contribution in [-0.2, 0) is 0 Å². The van der Waals surface area contributed by atoms with E-state index in [1.165, 1.54) is 0 Å². The van der Waals surface area contributed by atoms with Crippen molar-refractivity contribution >= 4 is 22.8 Å². The fourth-order valence-electron chi connectivity index (χ4n) is 2.49. The number of hydrogen-bond acceptors (Lipinski definition) is 3. The van der Waals surface area contributed by atoms with Gasteiger partial charge in [0.15, 0.2) is 5.65 Å². The molecule has 1 aromatic carbocycles. The van der Waals surface area contributed by atoms with Crippen LogP contribution in [0.2, 0.25) is 5.02 Å². The van der Waals surface area contributed by atoms with E-state index < -0.39 is 0 Å². The largest absolute Gasteiger partial charge is 0.507 e. The second kappa shape index (κ2) is 4.21. The summed E-state index contributed by atoms with van der Waals surface area (Å²) in [4.78, 5) is 9.06. The van der Waals surface area contributed by atoms with Crippen molar-refractivity contribution in [1.29, 1.82) is 0 Å². The highest BCUT2D eigenvalue weighted by atomic mass is 35.5. The number of phenols is 1. The molecular weight excluding hydrogens is 274 g/mol. The zero-order valence-corrected chi connectivity index (χ0v) is 11.4. The van der Waals surface area contributed by atoms with Crippen molar-refractivity contribution in [2.75, 3.05) is 0 Å². The molecule has 0 aliphatic heterocycles. The summed E-state index contributed by atoms with van der Waals surface area (Å²) in [5.74, 6) is 0.907. The van der Waals surface area contributed by atoms with Gasteiger partial charge >= 0.3 is 0 Å². The monoisotopic (exact) mass is 285 g/mol. The number of aromatic nitrogens is 3. The quantitative estimate of drug-likeness (QED) is 0.779. The summed E-state index contributed by atoms with van der Waals surface area (Å²) >= 11 is 5.90. The highest BCUT2D eigenvalue weighted by Crippen LogP contribution is 2.42. The van der Waals surface area contributed by atoms with Crippen molar-refractivity contribution in [2.45, 2.75) is 18.9 Å². The van der Waals surface area contributed by atoms with Crippen molar-refractivity contribution in [1.82, 2.24) is 14.5 Å². The van der Waals surface area contributed by atoms with Gasteiger partial charge in [-0.2, -0.15) is 0 Å². The second-order valence-corrected chi connectivity index (χ2v) is 5.48. The van der Waals surface area contributed by atoms with Gasteiger partial charge in [-0.05, 0) is 43.2 Å². The molecule has 20 heavy (non-hydrogen) atoms. The average molecular weight is 286 g/mol. The van der Waals surface area contributed by atoms with E-state index in [0.29, 0.717) is 16.6 Å². The molecular formula is C15H12ClN3O. The maximum Gasteiger partial charge on any atom is 0.160 e. The summed E-state index contributed by atoms with van der Waals surface area (Å²) in [5.41, 5.74) is 2.42. The zero-order valence-electron chi connectivity index (χ0n) is 10.6. The smallest absolute Gasteiger partial charge is 0.160 e. The minimum absolute atomic E-state index is 0.148. The number of imidazole rings is 1. The highest BCUT2D eigenvalue weighted by Gasteiger charge is 2.29. The average Bonchev–Trinajstić information content (AvgIpc) is 3.19. The van der Waals surface area contributed by atoms with Crippen LogP contribution in [0.5, 0.6) is 5.75 Å². The Morgan fingerprint density at radius 3 is 2.85 bits per heavy atom. The minimum Gasteiger partial charge on any atom is -0.507 e. The summed E-state index contributed by atoms with van der Waals surface area (Å²) in [6.07, 6.45) is 4.03. The van der Waals surface area contributed by atoms with E-state index in [-0.39, 0.29) is 5.75 Å². The van der Waals surface area contributed by atoms with Crippen molar-refractivity contribution in [3.05, 3.63) is 41.6 Å². The first-order valence-corrected chi connectivity index (χ1v) is 6.93. The van der Waals surface area contributed by atoms with Crippen LogP contribution in [0.25, 0.3) is 22.6 Å². The number of halogens is 1. The predicted molar refractivity (Wildman–Crippen MR) is 77.9 cm³/mol. The Morgan fingerprint density at radius 2 is 2.10 bits per heavy atom. The fourth-order valence-corrected chi connectivity index (χ4v) is 2.66. The Hall–Kier alpha value is -2.07. The fraction of sp³-hybridized carbons (Fsp3) is 0.200. The van der Waals surface area contributed by atoms with Crippen molar-refractivity contribution in [3.8, 4) is 17.1 Å². The summed E-state index contributed by atoms with van der Waals surface area (Å²) in [5, 5.41) is 10.7. The van der Waals surface area contributed by atoms with Crippen LogP contribution >= 0.6 is 11.6 Å². The van der Waals surface area contributed by atoms with Crippen LogP contribution in [0.1, 0.15) is 18.9 Å². The van der Waals surface area contributed by atoms with E-state index in [4.69, 9.17) is 11.6 Å². The van der Waals surface area contributed by atoms with E-state index in [1.807, 2.05) is 12.1 Å². The van der Waals surface area contributed by atoms with Gasteiger partial charge in [0.2, 0.25) is 0 Å². The van der Waals surface area contributed by atoms with Gasteiger partial charge in [0, 0.05) is 17.3 Å². The molecule has 3 aromatic rings. The number of rotatable bonds is 2. The molecule has 100 valence electrons. The summed E-state index contributed by atoms with van der Waals surface area (Å²) in [6, 6.07) is 9.36. The number of nitrogens with zero attached hydrogens (tertiary/aromatic N) is 3. The van der Waals surface area contributed by atoms with Gasteiger partial charge in [0.1, 0.15) is 17.1 Å². The van der Waals surface area contributed by atoms with E-state index >= 15 is 0 Å². The van der Waals surface area contributed by atoms with Crippen LogP contribution < -0.4 is 0 Å². The number of benzene rings is 1. The Kier molecular flexibility index (Phi) is 2.47. The van der Waals surface area contributed by atoms with Gasteiger partial charge in [-0.15, -0.1) is 0 Å². The molecule has 0 spiro atoms. The molecule has 5 heteroatoms. The van der Waals surface area contributed by atoms with Gasteiger partial charge in [-0.1, -0.05) is 11.6 Å². The van der Waals surface area contributed by atoms with E-state index in [0.717, 1.165) is 29.8 Å². The van der Waals surface area contributed by atoms with Crippen LogP contribution in [0.15, 0.2) is 36.5 Å². The van der Waals surface area contributed by atoms with Gasteiger partial charge in [-0.25, -0.2) is 9.97 Å². The first kappa shape index (κ1) is 11.7. The van der Waals surface area contributed by atoms with E-state index in [1.54, 1.807) is 24.4 Å². The van der Waals surface area contributed by atoms with Gasteiger partial charge < -0.3 is 9.67 Å². The molecule has 0 bridgehead atoms. The molecule has 1 saturated carbocycles. The third-order valence-corrected chi connectivity index (χ3v) is 3.80. The number of aromatic hydroxyl groups is 1. The summed E-state index contributed by atoms with van der Waals surface area (Å²) in [6.45, 7) is 0. The number of fused-ring (bicyclic) bond motifs is 1.